The number of benzene rings is 1. The first-order chi connectivity index (χ1) is 9.56. The first-order valence-electron chi connectivity index (χ1n) is 6.76. The van der Waals surface area contributed by atoms with Gasteiger partial charge in [0.1, 0.15) is 6.61 Å². The molecule has 1 aromatic carbocycles. The molecule has 0 spiro atoms. The Bertz CT molecular complexity index is 468. The van der Waals surface area contributed by atoms with E-state index in [1.165, 1.54) is 0 Å². The Labute approximate surface area is 117 Å². The van der Waals surface area contributed by atoms with Crippen molar-refractivity contribution < 1.29 is 19.4 Å². The normalized spacial score (nSPS) is 22.4. The summed E-state index contributed by atoms with van der Waals surface area (Å²) in [4.78, 5) is 22.4. The van der Waals surface area contributed by atoms with Crippen molar-refractivity contribution in [1.29, 1.82) is 0 Å². The molecule has 0 heterocycles. The number of carbonyl (C=O) groups is 2. The number of hydrogen-bond acceptors (Lipinski definition) is 3. The average Bonchev–Trinajstić information content (AvgIpc) is 2.35. The molecule has 1 aromatic rings. The number of aliphatic carboxylic acids is 1. The van der Waals surface area contributed by atoms with Crippen LogP contribution in [0.15, 0.2) is 30.3 Å². The number of alkyl carbamates (subject to hydrolysis) is 1. The Morgan fingerprint density at radius 3 is 2.60 bits per heavy atom. The van der Waals surface area contributed by atoms with Gasteiger partial charge in [-0.2, -0.15) is 0 Å². The molecule has 20 heavy (non-hydrogen) atoms. The lowest BCUT2D eigenvalue weighted by Gasteiger charge is -2.36. The van der Waals surface area contributed by atoms with Gasteiger partial charge >= 0.3 is 12.1 Å². The molecular formula is C15H19NO4. The van der Waals surface area contributed by atoms with Crippen LogP contribution in [-0.4, -0.2) is 23.2 Å². The quantitative estimate of drug-likeness (QED) is 0.866. The van der Waals surface area contributed by atoms with Crippen molar-refractivity contribution in [3.8, 4) is 0 Å². The Balaban J connectivity index is 1.68. The lowest BCUT2D eigenvalue weighted by molar-refractivity contribution is -0.146. The highest BCUT2D eigenvalue weighted by molar-refractivity contribution is 5.71. The summed E-state index contributed by atoms with van der Waals surface area (Å²) in [6, 6.07) is 9.40. The van der Waals surface area contributed by atoms with E-state index in [9.17, 15) is 9.59 Å². The van der Waals surface area contributed by atoms with E-state index in [0.717, 1.165) is 5.56 Å². The van der Waals surface area contributed by atoms with Gasteiger partial charge in [-0.25, -0.2) is 4.79 Å². The van der Waals surface area contributed by atoms with E-state index in [-0.39, 0.29) is 24.5 Å². The van der Waals surface area contributed by atoms with Crippen LogP contribution in [-0.2, 0) is 16.1 Å². The van der Waals surface area contributed by atoms with E-state index in [1.54, 1.807) is 0 Å². The molecule has 5 nitrogen and oxygen atoms in total. The Kier molecular flexibility index (Phi) is 4.61. The molecular weight excluding hydrogens is 258 g/mol. The third-order valence-corrected chi connectivity index (χ3v) is 3.79. The lowest BCUT2D eigenvalue weighted by Crippen LogP contribution is -2.45. The fraction of sp³-hybridized carbons (Fsp3) is 0.467. The van der Waals surface area contributed by atoms with E-state index in [2.05, 4.69) is 5.32 Å². The van der Waals surface area contributed by atoms with Crippen molar-refractivity contribution in [2.45, 2.75) is 32.4 Å². The highest BCUT2D eigenvalue weighted by Crippen LogP contribution is 2.36. The molecule has 0 aliphatic heterocycles. The number of nitrogens with one attached hydrogen (secondary N) is 1. The van der Waals surface area contributed by atoms with Crippen LogP contribution in [0.2, 0.25) is 0 Å². The number of rotatable bonds is 5. The second-order valence-electron chi connectivity index (χ2n) is 5.26. The SMILES string of the molecule is CC(NC(=O)OCc1ccccc1)C1CC(C(=O)O)C1. The van der Waals surface area contributed by atoms with Gasteiger partial charge in [-0.1, -0.05) is 30.3 Å². The minimum atomic E-state index is -0.750. The summed E-state index contributed by atoms with van der Waals surface area (Å²) >= 11 is 0. The zero-order valence-corrected chi connectivity index (χ0v) is 11.4. The topological polar surface area (TPSA) is 75.6 Å². The number of carbonyl (C=O) groups excluding carboxylic acids is 1. The molecule has 1 atom stereocenters. The van der Waals surface area contributed by atoms with Crippen molar-refractivity contribution in [2.75, 3.05) is 0 Å². The smallest absolute Gasteiger partial charge is 0.407 e. The molecule has 1 saturated carbocycles. The standard InChI is InChI=1S/C15H19NO4/c1-10(12-7-13(8-12)14(17)18)16-15(19)20-9-11-5-3-2-4-6-11/h2-6,10,12-13H,7-9H2,1H3,(H,16,19)(H,17,18). The molecule has 1 aliphatic carbocycles. The van der Waals surface area contributed by atoms with Gasteiger partial charge < -0.3 is 15.2 Å². The van der Waals surface area contributed by atoms with Crippen molar-refractivity contribution in [3.63, 3.8) is 0 Å². The molecule has 5 heteroatoms. The molecule has 0 bridgehead atoms. The largest absolute Gasteiger partial charge is 0.481 e. The van der Waals surface area contributed by atoms with Crippen LogP contribution in [0.3, 0.4) is 0 Å². The molecule has 108 valence electrons. The zero-order valence-electron chi connectivity index (χ0n) is 11.4. The third kappa shape index (κ3) is 3.73. The van der Waals surface area contributed by atoms with Crippen molar-refractivity contribution in [2.24, 2.45) is 11.8 Å². The van der Waals surface area contributed by atoms with Gasteiger partial charge in [0, 0.05) is 6.04 Å². The summed E-state index contributed by atoms with van der Waals surface area (Å²) in [6.07, 6.45) is 0.783. The van der Waals surface area contributed by atoms with Gasteiger partial charge in [0.15, 0.2) is 0 Å². The van der Waals surface area contributed by atoms with E-state index in [1.807, 2.05) is 37.3 Å². The molecule has 2 N–H and O–H groups in total. The number of carboxylic acids is 1. The van der Waals surface area contributed by atoms with Crippen LogP contribution in [0.5, 0.6) is 0 Å². The number of hydrogen-bond donors (Lipinski definition) is 2. The zero-order chi connectivity index (χ0) is 14.5. The van der Waals surface area contributed by atoms with Crippen molar-refractivity contribution in [3.05, 3.63) is 35.9 Å². The maximum absolute atomic E-state index is 11.6. The van der Waals surface area contributed by atoms with Gasteiger partial charge in [0.2, 0.25) is 0 Å². The predicted octanol–water partition coefficient (Wildman–Crippen LogP) is 2.41. The second-order valence-corrected chi connectivity index (χ2v) is 5.26. The Morgan fingerprint density at radius 1 is 1.35 bits per heavy atom. The van der Waals surface area contributed by atoms with E-state index in [0.29, 0.717) is 12.8 Å². The first kappa shape index (κ1) is 14.4. The summed E-state index contributed by atoms with van der Waals surface area (Å²) in [5.41, 5.74) is 0.935. The maximum Gasteiger partial charge on any atom is 0.407 e. The van der Waals surface area contributed by atoms with Gasteiger partial charge in [0.25, 0.3) is 0 Å². The van der Waals surface area contributed by atoms with Crippen LogP contribution in [0, 0.1) is 11.8 Å². The van der Waals surface area contributed by atoms with Gasteiger partial charge in [-0.05, 0) is 31.2 Å². The highest BCUT2D eigenvalue weighted by atomic mass is 16.5. The number of amides is 1. The molecule has 1 fully saturated rings. The fourth-order valence-corrected chi connectivity index (χ4v) is 2.34. The van der Waals surface area contributed by atoms with Gasteiger partial charge in [-0.15, -0.1) is 0 Å². The minimum absolute atomic E-state index is 0.0612. The fourth-order valence-electron chi connectivity index (χ4n) is 2.34. The number of ether oxygens (including phenoxy) is 1. The Morgan fingerprint density at radius 2 is 2.00 bits per heavy atom. The molecule has 2 rings (SSSR count). The first-order valence-corrected chi connectivity index (χ1v) is 6.76. The van der Waals surface area contributed by atoms with E-state index < -0.39 is 12.1 Å². The molecule has 1 unspecified atom stereocenters. The maximum atomic E-state index is 11.6. The van der Waals surface area contributed by atoms with Crippen molar-refractivity contribution >= 4 is 12.1 Å². The predicted molar refractivity (Wildman–Crippen MR) is 73.1 cm³/mol. The third-order valence-electron chi connectivity index (χ3n) is 3.79. The molecule has 0 saturated heterocycles. The van der Waals surface area contributed by atoms with Gasteiger partial charge in [-0.3, -0.25) is 4.79 Å². The summed E-state index contributed by atoms with van der Waals surface area (Å²) in [7, 11) is 0. The summed E-state index contributed by atoms with van der Waals surface area (Å²) in [5.74, 6) is -0.787. The second kappa shape index (κ2) is 6.41. The molecule has 0 radical (unpaired) electrons. The van der Waals surface area contributed by atoms with Crippen LogP contribution in [0.4, 0.5) is 4.79 Å². The monoisotopic (exact) mass is 277 g/mol. The minimum Gasteiger partial charge on any atom is -0.481 e. The van der Waals surface area contributed by atoms with Crippen LogP contribution in [0.25, 0.3) is 0 Å². The molecule has 0 aromatic heterocycles. The summed E-state index contributed by atoms with van der Waals surface area (Å²) in [6.45, 7) is 2.12. The van der Waals surface area contributed by atoms with E-state index in [4.69, 9.17) is 9.84 Å². The molecule has 1 amide bonds. The van der Waals surface area contributed by atoms with Gasteiger partial charge in [0.05, 0.1) is 5.92 Å². The average molecular weight is 277 g/mol. The molecule has 1 aliphatic rings. The van der Waals surface area contributed by atoms with Crippen LogP contribution in [0.1, 0.15) is 25.3 Å². The highest BCUT2D eigenvalue weighted by Gasteiger charge is 2.37. The van der Waals surface area contributed by atoms with Crippen molar-refractivity contribution in [1.82, 2.24) is 5.32 Å². The van der Waals surface area contributed by atoms with Crippen LogP contribution >= 0.6 is 0 Å². The summed E-state index contributed by atoms with van der Waals surface area (Å²) in [5, 5.41) is 11.6. The van der Waals surface area contributed by atoms with E-state index >= 15 is 0 Å². The number of carboxylic acid groups (broad SMARTS) is 1. The van der Waals surface area contributed by atoms with Crippen LogP contribution < -0.4 is 5.32 Å². The Hall–Kier alpha value is -2.04. The lowest BCUT2D eigenvalue weighted by atomic mass is 9.71. The summed E-state index contributed by atoms with van der Waals surface area (Å²) < 4.78 is 5.13.